The molecule has 0 amide bonds. The number of amidine groups is 1. The van der Waals surface area contributed by atoms with Crippen LogP contribution >= 0.6 is 0 Å². The topological polar surface area (TPSA) is 85.7 Å². The highest BCUT2D eigenvalue weighted by Crippen LogP contribution is 2.14. The van der Waals surface area contributed by atoms with Crippen LogP contribution in [-0.2, 0) is 11.3 Å². The molecule has 0 radical (unpaired) electrons. The quantitative estimate of drug-likeness (QED) is 0.322. The monoisotopic (exact) mass is 210 g/mol. The second kappa shape index (κ2) is 4.31. The third kappa shape index (κ3) is 2.10. The van der Waals surface area contributed by atoms with Crippen molar-refractivity contribution in [2.24, 2.45) is 10.9 Å². The molecule has 6 heteroatoms. The van der Waals surface area contributed by atoms with E-state index in [9.17, 15) is 0 Å². The molecular formula is C9H14N4O2. The zero-order valence-electron chi connectivity index (χ0n) is 8.33. The second-order valence-electron chi connectivity index (χ2n) is 3.52. The molecule has 2 rings (SSSR count). The average Bonchev–Trinajstić information content (AvgIpc) is 2.88. The molecule has 1 aromatic rings. The predicted octanol–water partition coefficient (Wildman–Crippen LogP) is 0.157. The van der Waals surface area contributed by atoms with E-state index < -0.39 is 0 Å². The minimum absolute atomic E-state index is 0.0259. The summed E-state index contributed by atoms with van der Waals surface area (Å²) in [5, 5.41) is 11.5. The highest BCUT2D eigenvalue weighted by atomic mass is 16.5. The first-order valence-corrected chi connectivity index (χ1v) is 4.92. The molecule has 1 saturated heterocycles. The van der Waals surface area contributed by atoms with Crippen molar-refractivity contribution in [1.82, 2.24) is 9.55 Å². The Bertz CT molecular complexity index is 355. The zero-order valence-corrected chi connectivity index (χ0v) is 8.33. The molecule has 1 atom stereocenters. The van der Waals surface area contributed by atoms with E-state index in [0.29, 0.717) is 12.4 Å². The number of hydrogen-bond acceptors (Lipinski definition) is 4. The van der Waals surface area contributed by atoms with Gasteiger partial charge in [-0.1, -0.05) is 5.16 Å². The van der Waals surface area contributed by atoms with Crippen molar-refractivity contribution < 1.29 is 9.94 Å². The first kappa shape index (κ1) is 9.97. The van der Waals surface area contributed by atoms with Crippen molar-refractivity contribution in [3.05, 3.63) is 18.2 Å². The molecule has 0 spiro atoms. The number of rotatable bonds is 3. The molecule has 0 saturated carbocycles. The third-order valence-corrected chi connectivity index (χ3v) is 2.48. The molecule has 1 fully saturated rings. The lowest BCUT2D eigenvalue weighted by atomic mass is 10.2. The lowest BCUT2D eigenvalue weighted by molar-refractivity contribution is 0.0968. The van der Waals surface area contributed by atoms with Crippen molar-refractivity contribution >= 4 is 5.84 Å². The Hall–Kier alpha value is -1.56. The van der Waals surface area contributed by atoms with E-state index in [-0.39, 0.29) is 11.9 Å². The summed E-state index contributed by atoms with van der Waals surface area (Å²) in [5.41, 5.74) is 5.49. The van der Waals surface area contributed by atoms with Gasteiger partial charge in [0.2, 0.25) is 5.84 Å². The van der Waals surface area contributed by atoms with Crippen LogP contribution in [0.15, 0.2) is 17.5 Å². The highest BCUT2D eigenvalue weighted by Gasteiger charge is 2.18. The van der Waals surface area contributed by atoms with Gasteiger partial charge in [-0.2, -0.15) is 0 Å². The Morgan fingerprint density at radius 1 is 1.80 bits per heavy atom. The molecule has 82 valence electrons. The number of nitrogens with two attached hydrogens (primary N) is 1. The number of ether oxygens (including phenoxy) is 1. The van der Waals surface area contributed by atoms with Crippen LogP contribution in [0.4, 0.5) is 0 Å². The summed E-state index contributed by atoms with van der Waals surface area (Å²) in [6.45, 7) is 1.52. The van der Waals surface area contributed by atoms with E-state index in [4.69, 9.17) is 15.7 Å². The lowest BCUT2D eigenvalue weighted by Crippen LogP contribution is -2.23. The van der Waals surface area contributed by atoms with Crippen LogP contribution in [0.3, 0.4) is 0 Å². The Morgan fingerprint density at radius 3 is 3.33 bits per heavy atom. The molecule has 1 aliphatic rings. The van der Waals surface area contributed by atoms with Crippen molar-refractivity contribution in [3.63, 3.8) is 0 Å². The Labute approximate surface area is 87.4 Å². The molecule has 6 nitrogen and oxygen atoms in total. The molecule has 0 bridgehead atoms. The fourth-order valence-corrected chi connectivity index (χ4v) is 1.74. The number of imidazole rings is 1. The number of nitrogens with zero attached hydrogens (tertiary/aromatic N) is 3. The molecule has 1 aliphatic heterocycles. The van der Waals surface area contributed by atoms with Crippen LogP contribution < -0.4 is 5.73 Å². The van der Waals surface area contributed by atoms with E-state index in [0.717, 1.165) is 19.4 Å². The van der Waals surface area contributed by atoms with Gasteiger partial charge in [0.1, 0.15) is 0 Å². The summed E-state index contributed by atoms with van der Waals surface area (Å²) >= 11 is 0. The van der Waals surface area contributed by atoms with Crippen molar-refractivity contribution in [2.75, 3.05) is 6.61 Å². The maximum absolute atomic E-state index is 8.57. The van der Waals surface area contributed by atoms with E-state index >= 15 is 0 Å². The minimum atomic E-state index is 0.0259. The molecule has 0 aliphatic carbocycles. The standard InChI is InChI=1S/C9H14N4O2/c10-8(12-14)9-11-3-4-13(9)6-7-2-1-5-15-7/h3-4,7,14H,1-2,5-6H2,(H2,10,12). The van der Waals surface area contributed by atoms with Gasteiger partial charge in [0, 0.05) is 19.0 Å². The van der Waals surface area contributed by atoms with Crippen LogP contribution in [0.5, 0.6) is 0 Å². The van der Waals surface area contributed by atoms with Crippen LogP contribution in [-0.4, -0.2) is 33.3 Å². The van der Waals surface area contributed by atoms with Gasteiger partial charge < -0.3 is 20.2 Å². The van der Waals surface area contributed by atoms with Crippen LogP contribution in [0.1, 0.15) is 18.7 Å². The van der Waals surface area contributed by atoms with E-state index in [1.807, 2.05) is 4.57 Å². The van der Waals surface area contributed by atoms with Crippen molar-refractivity contribution in [2.45, 2.75) is 25.5 Å². The van der Waals surface area contributed by atoms with E-state index in [1.165, 1.54) is 0 Å². The SMILES string of the molecule is NC(=NO)c1nccn1CC1CCCO1. The van der Waals surface area contributed by atoms with Gasteiger partial charge in [-0.15, -0.1) is 0 Å². The number of hydrogen-bond donors (Lipinski definition) is 2. The molecule has 1 aromatic heterocycles. The largest absolute Gasteiger partial charge is 0.409 e. The van der Waals surface area contributed by atoms with Crippen LogP contribution in [0.2, 0.25) is 0 Å². The Kier molecular flexibility index (Phi) is 2.86. The van der Waals surface area contributed by atoms with Gasteiger partial charge in [-0.25, -0.2) is 4.98 Å². The summed E-state index contributed by atoms with van der Waals surface area (Å²) in [7, 11) is 0. The van der Waals surface area contributed by atoms with Gasteiger partial charge in [-0.3, -0.25) is 0 Å². The second-order valence-corrected chi connectivity index (χ2v) is 3.52. The molecule has 1 unspecified atom stereocenters. The Balaban J connectivity index is 2.10. The normalized spacial score (nSPS) is 22.1. The highest BCUT2D eigenvalue weighted by molar-refractivity contribution is 5.93. The molecular weight excluding hydrogens is 196 g/mol. The first-order chi connectivity index (χ1) is 7.31. The number of oxime groups is 1. The predicted molar refractivity (Wildman–Crippen MR) is 53.7 cm³/mol. The number of aromatic nitrogens is 2. The summed E-state index contributed by atoms with van der Waals surface area (Å²) in [4.78, 5) is 4.02. The van der Waals surface area contributed by atoms with E-state index in [2.05, 4.69) is 10.1 Å². The minimum Gasteiger partial charge on any atom is -0.409 e. The Morgan fingerprint density at radius 2 is 2.67 bits per heavy atom. The summed E-state index contributed by atoms with van der Waals surface area (Å²) in [6, 6.07) is 0. The zero-order chi connectivity index (χ0) is 10.7. The molecule has 15 heavy (non-hydrogen) atoms. The summed E-state index contributed by atoms with van der Waals surface area (Å²) in [5.74, 6) is 0.506. The van der Waals surface area contributed by atoms with Gasteiger partial charge in [0.25, 0.3) is 0 Å². The lowest BCUT2D eigenvalue weighted by Gasteiger charge is -2.11. The summed E-state index contributed by atoms with van der Waals surface area (Å²) in [6.07, 6.45) is 5.79. The maximum Gasteiger partial charge on any atom is 0.206 e. The van der Waals surface area contributed by atoms with Gasteiger partial charge in [-0.05, 0) is 12.8 Å². The van der Waals surface area contributed by atoms with Gasteiger partial charge in [0.15, 0.2) is 5.82 Å². The van der Waals surface area contributed by atoms with Crippen molar-refractivity contribution in [3.8, 4) is 0 Å². The molecule has 0 aromatic carbocycles. The van der Waals surface area contributed by atoms with E-state index in [1.54, 1.807) is 12.4 Å². The van der Waals surface area contributed by atoms with Gasteiger partial charge in [0.05, 0.1) is 12.6 Å². The fraction of sp³-hybridized carbons (Fsp3) is 0.556. The fourth-order valence-electron chi connectivity index (χ4n) is 1.74. The van der Waals surface area contributed by atoms with Crippen molar-refractivity contribution in [1.29, 1.82) is 0 Å². The average molecular weight is 210 g/mol. The van der Waals surface area contributed by atoms with Crippen LogP contribution in [0.25, 0.3) is 0 Å². The van der Waals surface area contributed by atoms with Crippen LogP contribution in [0, 0.1) is 0 Å². The molecule has 2 heterocycles. The molecule has 3 N–H and O–H groups in total. The smallest absolute Gasteiger partial charge is 0.206 e. The first-order valence-electron chi connectivity index (χ1n) is 4.92. The third-order valence-electron chi connectivity index (χ3n) is 2.48. The summed E-state index contributed by atoms with van der Waals surface area (Å²) < 4.78 is 7.34. The maximum atomic E-state index is 8.57. The van der Waals surface area contributed by atoms with Gasteiger partial charge >= 0.3 is 0 Å².